The number of likely N-dealkylation sites (tertiary alicyclic amines) is 1. The van der Waals surface area contributed by atoms with Crippen LogP contribution < -0.4 is 0 Å². The van der Waals surface area contributed by atoms with Gasteiger partial charge in [-0.15, -0.1) is 10.2 Å². The number of benzene rings is 1. The molecule has 1 atom stereocenters. The van der Waals surface area contributed by atoms with Gasteiger partial charge in [-0.3, -0.25) is 10.00 Å². The number of H-pyrrole nitrogens is 1. The summed E-state index contributed by atoms with van der Waals surface area (Å²) in [5.41, 5.74) is 6.95. The van der Waals surface area contributed by atoms with Crippen molar-refractivity contribution in [2.75, 3.05) is 13.1 Å². The van der Waals surface area contributed by atoms with Gasteiger partial charge in [0.25, 0.3) is 0 Å². The summed E-state index contributed by atoms with van der Waals surface area (Å²) in [6, 6.07) is 14.1. The Hall–Kier alpha value is -4.37. The summed E-state index contributed by atoms with van der Waals surface area (Å²) in [5, 5.41) is 17.6. The molecule has 1 aromatic carbocycles. The van der Waals surface area contributed by atoms with E-state index in [4.69, 9.17) is 8.83 Å². The van der Waals surface area contributed by atoms with Crippen LogP contribution >= 0.6 is 0 Å². The quantitative estimate of drug-likeness (QED) is 0.363. The molecule has 1 fully saturated rings. The Labute approximate surface area is 206 Å². The fourth-order valence-corrected chi connectivity index (χ4v) is 5.13. The van der Waals surface area contributed by atoms with Gasteiger partial charge in [-0.05, 0) is 55.3 Å². The Balaban J connectivity index is 1.16. The van der Waals surface area contributed by atoms with Gasteiger partial charge < -0.3 is 8.83 Å². The van der Waals surface area contributed by atoms with Gasteiger partial charge in [0.15, 0.2) is 0 Å². The highest BCUT2D eigenvalue weighted by Crippen LogP contribution is 2.38. The van der Waals surface area contributed by atoms with Crippen molar-refractivity contribution in [2.24, 2.45) is 0 Å². The number of fused-ring (bicyclic) bond motifs is 2. The first kappa shape index (κ1) is 21.0. The normalized spacial score (nSPS) is 16.7. The fourth-order valence-electron chi connectivity index (χ4n) is 5.13. The highest BCUT2D eigenvalue weighted by molar-refractivity contribution is 5.99. The van der Waals surface area contributed by atoms with E-state index in [0.29, 0.717) is 11.8 Å². The minimum Gasteiger partial charge on any atom is -0.472 e. The monoisotopic (exact) mass is 477 g/mol. The van der Waals surface area contributed by atoms with E-state index in [1.54, 1.807) is 25.1 Å². The standard InChI is InChI=1S/C27H23N7O2/c1-2-18(13-34(10-1)14-20-7-9-28-16-29-20)27-33-32-26(36-27)17-4-6-24-23(12-17)25(31-30-24)22-5-3-19-15-35-11-8-21(19)22/h3-9,11-12,15-16,18H,1-2,10,13-14H2,(H,30,31)/t18-/m1/s1. The van der Waals surface area contributed by atoms with Crippen LogP contribution in [0.4, 0.5) is 0 Å². The van der Waals surface area contributed by atoms with Crippen molar-refractivity contribution in [2.45, 2.75) is 25.3 Å². The van der Waals surface area contributed by atoms with E-state index in [-0.39, 0.29) is 5.92 Å². The molecule has 3 aliphatic rings. The predicted octanol–water partition coefficient (Wildman–Crippen LogP) is 5.15. The molecule has 9 heteroatoms. The Kier molecular flexibility index (Phi) is 5.06. The second-order valence-electron chi connectivity index (χ2n) is 9.23. The number of nitrogens with zero attached hydrogens (tertiary/aromatic N) is 6. The molecule has 0 radical (unpaired) electrons. The molecule has 0 unspecified atom stereocenters. The van der Waals surface area contributed by atoms with E-state index in [2.05, 4.69) is 47.4 Å². The molecule has 0 amide bonds. The maximum atomic E-state index is 6.22. The lowest BCUT2D eigenvalue weighted by molar-refractivity contribution is 0.184. The molecule has 0 saturated carbocycles. The van der Waals surface area contributed by atoms with Crippen LogP contribution in [0, 0.1) is 0 Å². The van der Waals surface area contributed by atoms with Crippen molar-refractivity contribution in [1.29, 1.82) is 0 Å². The number of piperidine rings is 1. The molecule has 1 saturated heterocycles. The van der Waals surface area contributed by atoms with Crippen LogP contribution in [0.25, 0.3) is 44.7 Å². The molecule has 4 aromatic rings. The number of aromatic nitrogens is 6. The van der Waals surface area contributed by atoms with Gasteiger partial charge in [-0.2, -0.15) is 5.10 Å². The van der Waals surface area contributed by atoms with Gasteiger partial charge in [-0.1, -0.05) is 12.1 Å². The van der Waals surface area contributed by atoms with Crippen molar-refractivity contribution in [3.63, 3.8) is 0 Å². The van der Waals surface area contributed by atoms with E-state index in [0.717, 1.165) is 77.0 Å². The van der Waals surface area contributed by atoms with Gasteiger partial charge in [0.1, 0.15) is 12.0 Å². The summed E-state index contributed by atoms with van der Waals surface area (Å²) >= 11 is 0. The first-order chi connectivity index (χ1) is 17.8. The Bertz CT molecular complexity index is 1600. The summed E-state index contributed by atoms with van der Waals surface area (Å²) < 4.78 is 11.5. The molecule has 178 valence electrons. The molecule has 9 nitrogen and oxygen atoms in total. The molecule has 7 rings (SSSR count). The third-order valence-corrected chi connectivity index (χ3v) is 6.93. The van der Waals surface area contributed by atoms with Crippen LogP contribution in [0.15, 0.2) is 76.3 Å². The SMILES string of the molecule is c1cc(CN2CCC[C@@H](c3nnc(-c4ccc5[nH]nc(-c6ccc7coccc6-7)c5c4)o3)C2)ncn1. The highest BCUT2D eigenvalue weighted by atomic mass is 16.4. The summed E-state index contributed by atoms with van der Waals surface area (Å²) in [4.78, 5) is 10.8. The topological polar surface area (TPSA) is 110 Å². The van der Waals surface area contributed by atoms with Gasteiger partial charge in [0, 0.05) is 41.4 Å². The third-order valence-electron chi connectivity index (χ3n) is 6.93. The largest absolute Gasteiger partial charge is 0.472 e. The predicted molar refractivity (Wildman–Crippen MR) is 133 cm³/mol. The Morgan fingerprint density at radius 2 is 2.00 bits per heavy atom. The molecule has 1 aliphatic carbocycles. The minimum atomic E-state index is 0.205. The number of aromatic amines is 1. The highest BCUT2D eigenvalue weighted by Gasteiger charge is 2.26. The first-order valence-corrected chi connectivity index (χ1v) is 12.1. The molecular weight excluding hydrogens is 454 g/mol. The van der Waals surface area contributed by atoms with Crippen LogP contribution in [0.1, 0.15) is 30.3 Å². The van der Waals surface area contributed by atoms with Crippen LogP contribution in [0.5, 0.6) is 0 Å². The number of hydrogen-bond donors (Lipinski definition) is 1. The zero-order valence-corrected chi connectivity index (χ0v) is 19.5. The van der Waals surface area contributed by atoms with E-state index < -0.39 is 0 Å². The lowest BCUT2D eigenvalue weighted by Crippen LogP contribution is -2.34. The number of rotatable bonds is 5. The van der Waals surface area contributed by atoms with E-state index in [1.165, 1.54) is 0 Å². The van der Waals surface area contributed by atoms with Gasteiger partial charge >= 0.3 is 0 Å². The minimum absolute atomic E-state index is 0.205. The molecular formula is C27H23N7O2. The molecule has 0 bridgehead atoms. The van der Waals surface area contributed by atoms with Crippen molar-refractivity contribution in [1.82, 2.24) is 35.3 Å². The second kappa shape index (κ2) is 8.69. The van der Waals surface area contributed by atoms with Gasteiger partial charge in [-0.25, -0.2) is 9.97 Å². The van der Waals surface area contributed by atoms with Gasteiger partial charge in [0.2, 0.25) is 11.8 Å². The van der Waals surface area contributed by atoms with Crippen molar-refractivity contribution in [3.05, 3.63) is 79.1 Å². The number of hydrogen-bond acceptors (Lipinski definition) is 8. The molecule has 2 aliphatic heterocycles. The zero-order valence-electron chi connectivity index (χ0n) is 19.5. The Morgan fingerprint density at radius 1 is 1.03 bits per heavy atom. The maximum Gasteiger partial charge on any atom is 0.247 e. The van der Waals surface area contributed by atoms with E-state index in [1.807, 2.05) is 30.3 Å². The summed E-state index contributed by atoms with van der Waals surface area (Å²) in [6.45, 7) is 2.70. The molecule has 1 N–H and O–H groups in total. The lowest BCUT2D eigenvalue weighted by atomic mass is 9.98. The Morgan fingerprint density at radius 3 is 2.94 bits per heavy atom. The van der Waals surface area contributed by atoms with Gasteiger partial charge in [0.05, 0.1) is 29.7 Å². The van der Waals surface area contributed by atoms with E-state index in [9.17, 15) is 0 Å². The fraction of sp³-hybridized carbons (Fsp3) is 0.222. The molecule has 0 spiro atoms. The van der Waals surface area contributed by atoms with Crippen molar-refractivity contribution in [3.8, 4) is 33.8 Å². The average Bonchev–Trinajstić information content (AvgIpc) is 3.67. The maximum absolute atomic E-state index is 6.22. The van der Waals surface area contributed by atoms with Crippen molar-refractivity contribution < 1.29 is 8.83 Å². The van der Waals surface area contributed by atoms with Crippen LogP contribution in [0.3, 0.4) is 0 Å². The van der Waals surface area contributed by atoms with Crippen LogP contribution in [-0.2, 0) is 6.54 Å². The second-order valence-corrected chi connectivity index (χ2v) is 9.23. The zero-order chi connectivity index (χ0) is 23.9. The van der Waals surface area contributed by atoms with Crippen LogP contribution in [-0.4, -0.2) is 48.4 Å². The smallest absolute Gasteiger partial charge is 0.247 e. The third kappa shape index (κ3) is 3.74. The van der Waals surface area contributed by atoms with Crippen LogP contribution in [0.2, 0.25) is 0 Å². The molecule has 3 aromatic heterocycles. The van der Waals surface area contributed by atoms with Crippen molar-refractivity contribution >= 4 is 10.9 Å². The summed E-state index contributed by atoms with van der Waals surface area (Å²) in [7, 11) is 0. The lowest BCUT2D eigenvalue weighted by Gasteiger charge is -2.30. The molecule has 36 heavy (non-hydrogen) atoms. The van der Waals surface area contributed by atoms with E-state index >= 15 is 0 Å². The summed E-state index contributed by atoms with van der Waals surface area (Å²) in [5.74, 6) is 1.42. The number of nitrogens with one attached hydrogen (secondary N) is 1. The molecule has 5 heterocycles. The summed E-state index contributed by atoms with van der Waals surface area (Å²) in [6.07, 6.45) is 8.93. The first-order valence-electron chi connectivity index (χ1n) is 12.1. The average molecular weight is 478 g/mol.